The lowest BCUT2D eigenvalue weighted by Crippen LogP contribution is -2.40. The highest BCUT2D eigenvalue weighted by Gasteiger charge is 2.21. The summed E-state index contributed by atoms with van der Waals surface area (Å²) in [6.45, 7) is 0. The Hall–Kier alpha value is -1.46. The zero-order chi connectivity index (χ0) is 10.7. The zero-order valence-corrected chi connectivity index (χ0v) is 7.35. The number of halogens is 1. The molecule has 5 N–H and O–H groups in total. The van der Waals surface area contributed by atoms with Gasteiger partial charge in [0, 0.05) is 0 Å². The van der Waals surface area contributed by atoms with Gasteiger partial charge in [0.2, 0.25) is 0 Å². The monoisotopic (exact) mass is 198 g/mol. The van der Waals surface area contributed by atoms with Crippen LogP contribution in [0.4, 0.5) is 4.39 Å². The van der Waals surface area contributed by atoms with E-state index in [2.05, 4.69) is 0 Å². The second kappa shape index (κ2) is 4.17. The number of nitrogens with two attached hydrogens (primary N) is 2. The van der Waals surface area contributed by atoms with Crippen LogP contribution in [0.15, 0.2) is 24.3 Å². The van der Waals surface area contributed by atoms with Crippen molar-refractivity contribution >= 4 is 5.97 Å². The summed E-state index contributed by atoms with van der Waals surface area (Å²) in [5.74, 6) is -1.58. The van der Waals surface area contributed by atoms with Gasteiger partial charge in [0.1, 0.15) is 11.9 Å². The molecule has 0 aliphatic heterocycles. The van der Waals surface area contributed by atoms with E-state index in [4.69, 9.17) is 16.6 Å². The second-order valence-corrected chi connectivity index (χ2v) is 2.94. The van der Waals surface area contributed by atoms with Crippen LogP contribution < -0.4 is 11.5 Å². The van der Waals surface area contributed by atoms with Crippen LogP contribution in [0.5, 0.6) is 0 Å². The van der Waals surface area contributed by atoms with Gasteiger partial charge in [0.15, 0.2) is 0 Å². The summed E-state index contributed by atoms with van der Waals surface area (Å²) in [5.41, 5.74) is 11.4. The van der Waals surface area contributed by atoms with Gasteiger partial charge in [-0.1, -0.05) is 12.1 Å². The van der Waals surface area contributed by atoms with Gasteiger partial charge in [0.25, 0.3) is 0 Å². The van der Waals surface area contributed by atoms with Crippen molar-refractivity contribution in [2.24, 2.45) is 11.5 Å². The van der Waals surface area contributed by atoms with E-state index >= 15 is 0 Å². The van der Waals surface area contributed by atoms with Crippen molar-refractivity contribution in [3.05, 3.63) is 35.6 Å². The highest BCUT2D eigenvalue weighted by molar-refractivity contribution is 5.74. The van der Waals surface area contributed by atoms with Crippen molar-refractivity contribution in [1.29, 1.82) is 0 Å². The van der Waals surface area contributed by atoms with Crippen LogP contribution >= 0.6 is 0 Å². The molecule has 1 rings (SSSR count). The Morgan fingerprint density at radius 1 is 1.29 bits per heavy atom. The van der Waals surface area contributed by atoms with Gasteiger partial charge in [-0.25, -0.2) is 4.39 Å². The molecule has 0 aromatic heterocycles. The average molecular weight is 198 g/mol. The van der Waals surface area contributed by atoms with Crippen LogP contribution in [0.1, 0.15) is 11.6 Å². The molecule has 5 heteroatoms. The summed E-state index contributed by atoms with van der Waals surface area (Å²) in [6, 6.07) is 3.26. The van der Waals surface area contributed by atoms with Crippen molar-refractivity contribution in [1.82, 2.24) is 0 Å². The Morgan fingerprint density at radius 2 is 1.79 bits per heavy atom. The molecular formula is C9H11FN2O2. The van der Waals surface area contributed by atoms with E-state index in [1.54, 1.807) is 0 Å². The van der Waals surface area contributed by atoms with Crippen LogP contribution in [0.2, 0.25) is 0 Å². The summed E-state index contributed by atoms with van der Waals surface area (Å²) in [4.78, 5) is 10.5. The number of carboxylic acid groups (broad SMARTS) is 1. The quantitative estimate of drug-likeness (QED) is 0.648. The zero-order valence-electron chi connectivity index (χ0n) is 7.35. The Morgan fingerprint density at radius 3 is 2.21 bits per heavy atom. The maximum absolute atomic E-state index is 12.5. The minimum atomic E-state index is -1.18. The van der Waals surface area contributed by atoms with Crippen LogP contribution in [-0.4, -0.2) is 17.1 Å². The van der Waals surface area contributed by atoms with Gasteiger partial charge in [-0.2, -0.15) is 0 Å². The highest BCUT2D eigenvalue weighted by Crippen LogP contribution is 2.13. The predicted molar refractivity (Wildman–Crippen MR) is 48.9 cm³/mol. The first kappa shape index (κ1) is 10.6. The fourth-order valence-electron chi connectivity index (χ4n) is 1.05. The lowest BCUT2D eigenvalue weighted by molar-refractivity contribution is -0.139. The molecule has 0 heterocycles. The smallest absolute Gasteiger partial charge is 0.322 e. The van der Waals surface area contributed by atoms with E-state index < -0.39 is 23.9 Å². The first-order chi connectivity index (χ1) is 6.52. The summed E-state index contributed by atoms with van der Waals surface area (Å²) >= 11 is 0. The van der Waals surface area contributed by atoms with Crippen molar-refractivity contribution in [2.45, 2.75) is 12.1 Å². The summed E-state index contributed by atoms with van der Waals surface area (Å²) in [7, 11) is 0. The first-order valence-corrected chi connectivity index (χ1v) is 4.02. The standard InChI is InChI=1S/C9H11FN2O2/c10-6-3-1-5(2-4-6)7(11)8(12)9(13)14/h1-4,7-8H,11-12H2,(H,13,14). The predicted octanol–water partition coefficient (Wildman–Crippen LogP) is 0.237. The lowest BCUT2D eigenvalue weighted by atomic mass is 10.0. The van der Waals surface area contributed by atoms with Crippen LogP contribution in [-0.2, 0) is 4.79 Å². The maximum Gasteiger partial charge on any atom is 0.322 e. The molecule has 0 aliphatic carbocycles. The van der Waals surface area contributed by atoms with Gasteiger partial charge in [0.05, 0.1) is 6.04 Å². The molecule has 0 saturated carbocycles. The van der Waals surface area contributed by atoms with Crippen molar-refractivity contribution in [3.8, 4) is 0 Å². The number of rotatable bonds is 3. The summed E-state index contributed by atoms with van der Waals surface area (Å²) in [5, 5.41) is 8.59. The fraction of sp³-hybridized carbons (Fsp3) is 0.222. The average Bonchev–Trinajstić information content (AvgIpc) is 2.16. The van der Waals surface area contributed by atoms with E-state index in [0.29, 0.717) is 5.56 Å². The first-order valence-electron chi connectivity index (χ1n) is 4.02. The molecule has 76 valence electrons. The van der Waals surface area contributed by atoms with E-state index in [9.17, 15) is 9.18 Å². The third-order valence-corrected chi connectivity index (χ3v) is 1.93. The summed E-state index contributed by atoms with van der Waals surface area (Å²) in [6.07, 6.45) is 0. The van der Waals surface area contributed by atoms with E-state index in [1.165, 1.54) is 24.3 Å². The Bertz CT molecular complexity index is 326. The molecule has 0 aliphatic rings. The largest absolute Gasteiger partial charge is 0.480 e. The minimum Gasteiger partial charge on any atom is -0.480 e. The topological polar surface area (TPSA) is 89.3 Å². The van der Waals surface area contributed by atoms with Gasteiger partial charge >= 0.3 is 5.97 Å². The van der Waals surface area contributed by atoms with Crippen molar-refractivity contribution in [3.63, 3.8) is 0 Å². The molecule has 0 fully saturated rings. The number of carbonyl (C=O) groups is 1. The fourth-order valence-corrected chi connectivity index (χ4v) is 1.05. The van der Waals surface area contributed by atoms with Crippen LogP contribution in [0.3, 0.4) is 0 Å². The lowest BCUT2D eigenvalue weighted by Gasteiger charge is -2.15. The van der Waals surface area contributed by atoms with Crippen LogP contribution in [0.25, 0.3) is 0 Å². The summed E-state index contributed by atoms with van der Waals surface area (Å²) < 4.78 is 12.5. The van der Waals surface area contributed by atoms with Gasteiger partial charge in [-0.15, -0.1) is 0 Å². The highest BCUT2D eigenvalue weighted by atomic mass is 19.1. The number of hydrogen-bond donors (Lipinski definition) is 3. The van der Waals surface area contributed by atoms with E-state index in [0.717, 1.165) is 0 Å². The molecule has 0 bridgehead atoms. The molecule has 0 spiro atoms. The number of carboxylic acids is 1. The minimum absolute atomic E-state index is 0.398. The van der Waals surface area contributed by atoms with Gasteiger partial charge < -0.3 is 16.6 Å². The number of benzene rings is 1. The van der Waals surface area contributed by atoms with Crippen molar-refractivity contribution < 1.29 is 14.3 Å². The Labute approximate surface area is 80.3 Å². The number of hydrogen-bond acceptors (Lipinski definition) is 3. The molecule has 4 nitrogen and oxygen atoms in total. The molecule has 2 unspecified atom stereocenters. The second-order valence-electron chi connectivity index (χ2n) is 2.94. The molecule has 1 aromatic rings. The normalized spacial score (nSPS) is 14.8. The molecular weight excluding hydrogens is 187 g/mol. The molecule has 2 atom stereocenters. The molecule has 1 aromatic carbocycles. The third-order valence-electron chi connectivity index (χ3n) is 1.93. The van der Waals surface area contributed by atoms with E-state index in [-0.39, 0.29) is 0 Å². The van der Waals surface area contributed by atoms with Gasteiger partial charge in [-0.3, -0.25) is 4.79 Å². The van der Waals surface area contributed by atoms with Crippen molar-refractivity contribution in [2.75, 3.05) is 0 Å². The Kier molecular flexibility index (Phi) is 3.16. The third kappa shape index (κ3) is 2.27. The molecule has 0 saturated heterocycles. The van der Waals surface area contributed by atoms with Gasteiger partial charge in [-0.05, 0) is 17.7 Å². The van der Waals surface area contributed by atoms with E-state index in [1.807, 2.05) is 0 Å². The molecule has 14 heavy (non-hydrogen) atoms. The Balaban J connectivity index is 2.84. The molecule has 0 amide bonds. The van der Waals surface area contributed by atoms with Crippen LogP contribution in [0, 0.1) is 5.82 Å². The maximum atomic E-state index is 12.5. The SMILES string of the molecule is NC(C(=O)O)C(N)c1ccc(F)cc1. The molecule has 0 radical (unpaired) electrons. The number of aliphatic carboxylic acids is 1.